The molecule has 1 unspecified atom stereocenters. The number of amides is 1. The highest BCUT2D eigenvalue weighted by Gasteiger charge is 2.29. The summed E-state index contributed by atoms with van der Waals surface area (Å²) in [6.07, 6.45) is 2.58. The molecule has 1 amide bonds. The van der Waals surface area contributed by atoms with Crippen molar-refractivity contribution < 1.29 is 4.79 Å². The van der Waals surface area contributed by atoms with Crippen molar-refractivity contribution >= 4 is 21.8 Å². The van der Waals surface area contributed by atoms with Gasteiger partial charge in [0, 0.05) is 16.9 Å². The van der Waals surface area contributed by atoms with Crippen LogP contribution < -0.4 is 5.32 Å². The van der Waals surface area contributed by atoms with Gasteiger partial charge in [-0.15, -0.1) is 0 Å². The molecule has 1 saturated carbocycles. The van der Waals surface area contributed by atoms with E-state index in [1.165, 1.54) is 12.8 Å². The van der Waals surface area contributed by atoms with E-state index in [4.69, 9.17) is 0 Å². The van der Waals surface area contributed by atoms with Crippen molar-refractivity contribution in [3.05, 3.63) is 35.4 Å². The van der Waals surface area contributed by atoms with Gasteiger partial charge in [0.2, 0.25) is 0 Å². The molecule has 0 bridgehead atoms. The van der Waals surface area contributed by atoms with E-state index in [1.54, 1.807) is 0 Å². The summed E-state index contributed by atoms with van der Waals surface area (Å²) in [4.78, 5) is 12.2. The van der Waals surface area contributed by atoms with Gasteiger partial charge in [-0.2, -0.15) is 0 Å². The lowest BCUT2D eigenvalue weighted by atomic mass is 10.1. The molecule has 0 radical (unpaired) electrons. The molecule has 2 nitrogen and oxygen atoms in total. The Morgan fingerprint density at radius 3 is 2.94 bits per heavy atom. The van der Waals surface area contributed by atoms with E-state index in [0.717, 1.165) is 23.6 Å². The van der Waals surface area contributed by atoms with Gasteiger partial charge in [-0.05, 0) is 37.8 Å². The van der Waals surface area contributed by atoms with Gasteiger partial charge in [-0.25, -0.2) is 0 Å². The number of aryl methyl sites for hydroxylation is 1. The molecule has 0 aromatic heterocycles. The minimum Gasteiger partial charge on any atom is -0.351 e. The zero-order valence-electron chi connectivity index (χ0n) is 9.37. The summed E-state index contributed by atoms with van der Waals surface area (Å²) in [6.45, 7) is 2.71. The largest absolute Gasteiger partial charge is 0.351 e. The third-order valence-corrected chi connectivity index (χ3v) is 3.94. The van der Waals surface area contributed by atoms with E-state index in [1.807, 2.05) is 31.2 Å². The summed E-state index contributed by atoms with van der Waals surface area (Å²) in [6, 6.07) is 7.67. The second-order valence-corrected chi connectivity index (χ2v) is 5.61. The van der Waals surface area contributed by atoms with Crippen LogP contribution in [0.25, 0.3) is 0 Å². The maximum absolute atomic E-state index is 11.8. The van der Waals surface area contributed by atoms with Gasteiger partial charge in [-0.1, -0.05) is 33.6 Å². The second kappa shape index (κ2) is 5.00. The molecular weight excluding hydrogens is 266 g/mol. The molecule has 1 aliphatic rings. The Bertz CT molecular complexity index is 387. The molecule has 1 atom stereocenters. The quantitative estimate of drug-likeness (QED) is 0.845. The molecule has 1 aromatic carbocycles. The second-order valence-electron chi connectivity index (χ2n) is 4.43. The number of benzene rings is 1. The number of hydrogen-bond donors (Lipinski definition) is 1. The van der Waals surface area contributed by atoms with E-state index in [9.17, 15) is 4.79 Å². The number of alkyl halides is 1. The summed E-state index contributed by atoms with van der Waals surface area (Å²) in [5.41, 5.74) is 1.86. The molecule has 0 saturated heterocycles. The fraction of sp³-hybridized carbons (Fsp3) is 0.462. The van der Waals surface area contributed by atoms with Gasteiger partial charge in [-0.3, -0.25) is 4.79 Å². The Morgan fingerprint density at radius 2 is 2.31 bits per heavy atom. The number of carbonyl (C=O) groups is 1. The average molecular weight is 282 g/mol. The van der Waals surface area contributed by atoms with Crippen LogP contribution in [0, 0.1) is 12.8 Å². The van der Waals surface area contributed by atoms with Gasteiger partial charge >= 0.3 is 0 Å². The van der Waals surface area contributed by atoms with Crippen LogP contribution in [0.3, 0.4) is 0 Å². The molecule has 0 heterocycles. The number of nitrogens with one attached hydrogen (secondary N) is 1. The minimum absolute atomic E-state index is 0.0220. The summed E-state index contributed by atoms with van der Waals surface area (Å²) in [7, 11) is 0. The first kappa shape index (κ1) is 11.6. The predicted molar refractivity (Wildman–Crippen MR) is 69.0 cm³/mol. The van der Waals surface area contributed by atoms with E-state index < -0.39 is 0 Å². The molecule has 1 aliphatic carbocycles. The first-order chi connectivity index (χ1) is 7.66. The first-order valence-corrected chi connectivity index (χ1v) is 6.57. The number of rotatable bonds is 4. The Labute approximate surface area is 105 Å². The van der Waals surface area contributed by atoms with Crippen molar-refractivity contribution in [2.24, 2.45) is 5.92 Å². The Balaban J connectivity index is 1.87. The van der Waals surface area contributed by atoms with E-state index >= 15 is 0 Å². The van der Waals surface area contributed by atoms with Crippen molar-refractivity contribution in [3.63, 3.8) is 0 Å². The molecule has 0 aliphatic heterocycles. The lowest BCUT2D eigenvalue weighted by Gasteiger charge is -2.10. The van der Waals surface area contributed by atoms with E-state index in [2.05, 4.69) is 21.2 Å². The SMILES string of the molecule is Cc1cccc(C(=O)NCC(Br)C2CC2)c1. The normalized spacial score (nSPS) is 16.9. The highest BCUT2D eigenvalue weighted by Crippen LogP contribution is 2.36. The molecule has 16 heavy (non-hydrogen) atoms. The fourth-order valence-electron chi connectivity index (χ4n) is 1.70. The van der Waals surface area contributed by atoms with Crippen LogP contribution in [0.4, 0.5) is 0 Å². The van der Waals surface area contributed by atoms with Crippen LogP contribution >= 0.6 is 15.9 Å². The van der Waals surface area contributed by atoms with Crippen LogP contribution in [-0.2, 0) is 0 Å². The van der Waals surface area contributed by atoms with Gasteiger partial charge in [0.1, 0.15) is 0 Å². The smallest absolute Gasteiger partial charge is 0.251 e. The van der Waals surface area contributed by atoms with Crippen LogP contribution in [0.5, 0.6) is 0 Å². The van der Waals surface area contributed by atoms with Crippen molar-refractivity contribution in [1.29, 1.82) is 0 Å². The predicted octanol–water partition coefficient (Wildman–Crippen LogP) is 2.90. The third kappa shape index (κ3) is 3.08. The highest BCUT2D eigenvalue weighted by atomic mass is 79.9. The monoisotopic (exact) mass is 281 g/mol. The minimum atomic E-state index is 0.0220. The molecular formula is C13H16BrNO. The maximum Gasteiger partial charge on any atom is 0.251 e. The fourth-order valence-corrected chi connectivity index (χ4v) is 2.39. The van der Waals surface area contributed by atoms with Crippen molar-refractivity contribution in [3.8, 4) is 0 Å². The van der Waals surface area contributed by atoms with Crippen LogP contribution in [0.15, 0.2) is 24.3 Å². The van der Waals surface area contributed by atoms with Crippen molar-refractivity contribution in [2.45, 2.75) is 24.6 Å². The summed E-state index contributed by atoms with van der Waals surface area (Å²) in [5.74, 6) is 0.784. The summed E-state index contributed by atoms with van der Waals surface area (Å²) < 4.78 is 0. The van der Waals surface area contributed by atoms with E-state index in [-0.39, 0.29) is 5.91 Å². The van der Waals surface area contributed by atoms with Gasteiger partial charge in [0.05, 0.1) is 0 Å². The molecule has 1 aromatic rings. The van der Waals surface area contributed by atoms with Crippen LogP contribution in [-0.4, -0.2) is 17.3 Å². The number of halogens is 1. The lowest BCUT2D eigenvalue weighted by molar-refractivity contribution is 0.0953. The third-order valence-electron chi connectivity index (χ3n) is 2.87. The summed E-state index contributed by atoms with van der Waals surface area (Å²) >= 11 is 3.61. The molecule has 86 valence electrons. The first-order valence-electron chi connectivity index (χ1n) is 5.66. The maximum atomic E-state index is 11.8. The van der Waals surface area contributed by atoms with Crippen LogP contribution in [0.2, 0.25) is 0 Å². The molecule has 0 spiro atoms. The Morgan fingerprint density at radius 1 is 1.56 bits per heavy atom. The van der Waals surface area contributed by atoms with Crippen LogP contribution in [0.1, 0.15) is 28.8 Å². The Hall–Kier alpha value is -0.830. The number of hydrogen-bond acceptors (Lipinski definition) is 1. The standard InChI is InChI=1S/C13H16BrNO/c1-9-3-2-4-11(7-9)13(16)15-8-12(14)10-5-6-10/h2-4,7,10,12H,5-6,8H2,1H3,(H,15,16). The zero-order chi connectivity index (χ0) is 11.5. The Kier molecular flexibility index (Phi) is 3.64. The van der Waals surface area contributed by atoms with Gasteiger partial charge in [0.25, 0.3) is 5.91 Å². The molecule has 2 rings (SSSR count). The number of carbonyl (C=O) groups excluding carboxylic acids is 1. The molecule has 1 fully saturated rings. The highest BCUT2D eigenvalue weighted by molar-refractivity contribution is 9.09. The average Bonchev–Trinajstić information content (AvgIpc) is 3.09. The van der Waals surface area contributed by atoms with Gasteiger partial charge < -0.3 is 5.32 Å². The summed E-state index contributed by atoms with van der Waals surface area (Å²) in [5, 5.41) is 2.96. The van der Waals surface area contributed by atoms with Gasteiger partial charge in [0.15, 0.2) is 0 Å². The van der Waals surface area contributed by atoms with E-state index in [0.29, 0.717) is 4.83 Å². The zero-order valence-corrected chi connectivity index (χ0v) is 11.0. The van der Waals surface area contributed by atoms with Crippen molar-refractivity contribution in [1.82, 2.24) is 5.32 Å². The van der Waals surface area contributed by atoms with Crippen molar-refractivity contribution in [2.75, 3.05) is 6.54 Å². The molecule has 3 heteroatoms. The molecule has 1 N–H and O–H groups in total. The lowest BCUT2D eigenvalue weighted by Crippen LogP contribution is -2.30. The topological polar surface area (TPSA) is 29.1 Å².